The van der Waals surface area contributed by atoms with Crippen molar-refractivity contribution in [2.75, 3.05) is 13.2 Å². The van der Waals surface area contributed by atoms with Crippen LogP contribution in [0.4, 0.5) is 13.2 Å². The average Bonchev–Trinajstić information content (AvgIpc) is 2.66. The summed E-state index contributed by atoms with van der Waals surface area (Å²) in [6.45, 7) is 4.48. The summed E-state index contributed by atoms with van der Waals surface area (Å²) in [5.74, 6) is -5.68. The molecule has 0 spiro atoms. The number of halogens is 3. The monoisotopic (exact) mass is 413 g/mol. The number of benzene rings is 1. The number of aldehydes is 1. The molecule has 2 rings (SSSR count). The molecule has 158 valence electrons. The zero-order valence-electron chi connectivity index (χ0n) is 16.2. The molecule has 29 heavy (non-hydrogen) atoms. The second-order valence-corrected chi connectivity index (χ2v) is 6.52. The lowest BCUT2D eigenvalue weighted by Gasteiger charge is -2.38. The first kappa shape index (κ1) is 22.6. The number of esters is 2. The van der Waals surface area contributed by atoms with E-state index < -0.39 is 47.5 Å². The minimum Gasteiger partial charge on any atom is -0.466 e. The molecule has 0 N–H and O–H groups in total. The predicted octanol–water partition coefficient (Wildman–Crippen LogP) is 3.19. The molecule has 6 nitrogen and oxygen atoms in total. The maximum atomic E-state index is 13.7. The fraction of sp³-hybridized carbons (Fsp3) is 0.500. The van der Waals surface area contributed by atoms with Crippen LogP contribution in [0.5, 0.6) is 0 Å². The number of carbonyl (C=O) groups is 3. The van der Waals surface area contributed by atoms with Gasteiger partial charge in [0, 0.05) is 11.6 Å². The minimum atomic E-state index is -4.73. The van der Waals surface area contributed by atoms with Crippen LogP contribution in [-0.2, 0) is 30.0 Å². The highest BCUT2D eigenvalue weighted by Crippen LogP contribution is 2.45. The Balaban J connectivity index is 2.77. The number of carbonyl (C=O) groups excluding carboxylic acids is 3. The van der Waals surface area contributed by atoms with Crippen LogP contribution in [0.15, 0.2) is 29.3 Å². The molecule has 9 heteroatoms. The van der Waals surface area contributed by atoms with Crippen LogP contribution < -0.4 is 0 Å². The molecule has 4 atom stereocenters. The van der Waals surface area contributed by atoms with Crippen LogP contribution >= 0.6 is 0 Å². The van der Waals surface area contributed by atoms with E-state index in [2.05, 4.69) is 4.99 Å². The molecule has 0 fully saturated rings. The molecule has 0 aromatic heterocycles. The Labute approximate surface area is 166 Å². The molecule has 0 saturated carbocycles. The van der Waals surface area contributed by atoms with Gasteiger partial charge in [-0.05, 0) is 32.4 Å². The van der Waals surface area contributed by atoms with Gasteiger partial charge in [0.2, 0.25) is 0 Å². The molecule has 1 aromatic carbocycles. The van der Waals surface area contributed by atoms with Crippen LogP contribution in [0.2, 0.25) is 0 Å². The van der Waals surface area contributed by atoms with Crippen molar-refractivity contribution in [2.24, 2.45) is 16.8 Å². The van der Waals surface area contributed by atoms with Crippen molar-refractivity contribution >= 4 is 23.9 Å². The Hall–Kier alpha value is -2.71. The van der Waals surface area contributed by atoms with Crippen molar-refractivity contribution in [3.63, 3.8) is 0 Å². The van der Waals surface area contributed by atoms with Gasteiger partial charge in [0.25, 0.3) is 0 Å². The Morgan fingerprint density at radius 2 is 1.69 bits per heavy atom. The highest BCUT2D eigenvalue weighted by molar-refractivity contribution is 6.04. The smallest absolute Gasteiger partial charge is 0.416 e. The number of hydrogen-bond donors (Lipinski definition) is 0. The standard InChI is InChI=1S/C20H22F3NO5/c1-4-28-18(26)15-11(3)24-14(10-25)17(19(27)29-5-2)16(15)12-8-6-7-9-13(12)20(21,22)23/h6-10,14-17H,4-5H2,1-3H3. The van der Waals surface area contributed by atoms with Crippen molar-refractivity contribution in [3.8, 4) is 0 Å². The summed E-state index contributed by atoms with van der Waals surface area (Å²) in [4.78, 5) is 41.0. The summed E-state index contributed by atoms with van der Waals surface area (Å²) < 4.78 is 51.2. The summed E-state index contributed by atoms with van der Waals surface area (Å²) in [6, 6.07) is 3.40. The normalized spacial score (nSPS) is 24.4. The van der Waals surface area contributed by atoms with E-state index in [0.717, 1.165) is 6.07 Å². The van der Waals surface area contributed by atoms with E-state index in [1.165, 1.54) is 32.0 Å². The van der Waals surface area contributed by atoms with Gasteiger partial charge in [0.1, 0.15) is 18.2 Å². The minimum absolute atomic E-state index is 0.00255. The Morgan fingerprint density at radius 3 is 2.24 bits per heavy atom. The van der Waals surface area contributed by atoms with Crippen LogP contribution in [0, 0.1) is 11.8 Å². The second-order valence-electron chi connectivity index (χ2n) is 6.52. The fourth-order valence-electron chi connectivity index (χ4n) is 3.68. The van der Waals surface area contributed by atoms with Gasteiger partial charge in [-0.25, -0.2) is 0 Å². The number of aliphatic imine (C=N–C) groups is 1. The lowest BCUT2D eigenvalue weighted by atomic mass is 9.69. The molecule has 0 saturated heterocycles. The van der Waals surface area contributed by atoms with Crippen molar-refractivity contribution in [1.82, 2.24) is 0 Å². The molecule has 0 amide bonds. The van der Waals surface area contributed by atoms with Gasteiger partial charge in [-0.1, -0.05) is 18.2 Å². The van der Waals surface area contributed by atoms with Crippen LogP contribution in [0.25, 0.3) is 0 Å². The lowest BCUT2D eigenvalue weighted by molar-refractivity contribution is -0.155. The highest BCUT2D eigenvalue weighted by atomic mass is 19.4. The summed E-state index contributed by atoms with van der Waals surface area (Å²) in [5, 5.41) is 0. The fourth-order valence-corrected chi connectivity index (χ4v) is 3.68. The Bertz CT molecular complexity index is 806. The quantitative estimate of drug-likeness (QED) is 0.529. The van der Waals surface area contributed by atoms with E-state index in [1.807, 2.05) is 0 Å². The van der Waals surface area contributed by atoms with Gasteiger partial charge in [-0.3, -0.25) is 14.6 Å². The summed E-state index contributed by atoms with van der Waals surface area (Å²) in [6.07, 6.45) is -4.34. The second kappa shape index (κ2) is 9.19. The summed E-state index contributed by atoms with van der Waals surface area (Å²) >= 11 is 0. The van der Waals surface area contributed by atoms with E-state index in [0.29, 0.717) is 6.29 Å². The number of nitrogens with zero attached hydrogens (tertiary/aromatic N) is 1. The molecule has 1 aliphatic heterocycles. The van der Waals surface area contributed by atoms with Gasteiger partial charge < -0.3 is 14.3 Å². The van der Waals surface area contributed by atoms with E-state index in [-0.39, 0.29) is 24.5 Å². The van der Waals surface area contributed by atoms with Crippen molar-refractivity contribution in [3.05, 3.63) is 35.4 Å². The Morgan fingerprint density at radius 1 is 1.10 bits per heavy atom. The summed E-state index contributed by atoms with van der Waals surface area (Å²) in [7, 11) is 0. The molecular formula is C20H22F3NO5. The largest absolute Gasteiger partial charge is 0.466 e. The van der Waals surface area contributed by atoms with Gasteiger partial charge in [-0.2, -0.15) is 13.2 Å². The maximum absolute atomic E-state index is 13.7. The molecule has 1 aromatic rings. The van der Waals surface area contributed by atoms with E-state index >= 15 is 0 Å². The third-order valence-corrected chi connectivity index (χ3v) is 4.78. The molecule has 4 unspecified atom stereocenters. The van der Waals surface area contributed by atoms with Crippen LogP contribution in [0.1, 0.15) is 37.8 Å². The highest BCUT2D eigenvalue weighted by Gasteiger charge is 2.51. The first-order valence-electron chi connectivity index (χ1n) is 9.16. The van der Waals surface area contributed by atoms with Crippen LogP contribution in [-0.4, -0.2) is 43.2 Å². The van der Waals surface area contributed by atoms with Crippen LogP contribution in [0.3, 0.4) is 0 Å². The summed E-state index contributed by atoms with van der Waals surface area (Å²) in [5.41, 5.74) is -1.15. The molecule has 0 aliphatic carbocycles. The molecule has 1 aliphatic rings. The lowest BCUT2D eigenvalue weighted by Crippen LogP contribution is -2.47. The first-order valence-corrected chi connectivity index (χ1v) is 9.16. The van der Waals surface area contributed by atoms with Gasteiger partial charge in [0.15, 0.2) is 0 Å². The SMILES string of the molecule is CCOC(=O)C1C(C)=NC(C=O)C(C(=O)OCC)C1c1ccccc1C(F)(F)F. The number of hydrogen-bond acceptors (Lipinski definition) is 6. The van der Waals surface area contributed by atoms with Crippen molar-refractivity contribution in [2.45, 2.75) is 38.9 Å². The number of ether oxygens (including phenoxy) is 2. The molecule has 0 bridgehead atoms. The topological polar surface area (TPSA) is 82.0 Å². The van der Waals surface area contributed by atoms with Crippen molar-refractivity contribution in [1.29, 1.82) is 0 Å². The first-order chi connectivity index (χ1) is 13.7. The number of alkyl halides is 3. The molecule has 0 radical (unpaired) electrons. The zero-order valence-corrected chi connectivity index (χ0v) is 16.2. The molecule has 1 heterocycles. The van der Waals surface area contributed by atoms with E-state index in [1.54, 1.807) is 6.92 Å². The van der Waals surface area contributed by atoms with E-state index in [9.17, 15) is 27.6 Å². The van der Waals surface area contributed by atoms with Gasteiger partial charge >= 0.3 is 18.1 Å². The Kier molecular flexibility index (Phi) is 7.16. The number of rotatable bonds is 6. The van der Waals surface area contributed by atoms with Gasteiger partial charge in [0.05, 0.1) is 24.7 Å². The maximum Gasteiger partial charge on any atom is 0.416 e. The molecular weight excluding hydrogens is 391 g/mol. The third kappa shape index (κ3) is 4.65. The zero-order chi connectivity index (χ0) is 21.8. The average molecular weight is 413 g/mol. The van der Waals surface area contributed by atoms with Gasteiger partial charge in [-0.15, -0.1) is 0 Å². The van der Waals surface area contributed by atoms with E-state index in [4.69, 9.17) is 9.47 Å². The van der Waals surface area contributed by atoms with Crippen molar-refractivity contribution < 1.29 is 37.0 Å². The third-order valence-electron chi connectivity index (χ3n) is 4.78. The predicted molar refractivity (Wildman–Crippen MR) is 97.4 cm³/mol.